The van der Waals surface area contributed by atoms with E-state index in [1.165, 1.54) is 0 Å². The van der Waals surface area contributed by atoms with Crippen molar-refractivity contribution in [2.45, 2.75) is 60.3 Å². The molecule has 0 aliphatic heterocycles. The first-order valence-corrected chi connectivity index (χ1v) is 12.3. The van der Waals surface area contributed by atoms with Crippen molar-refractivity contribution in [3.05, 3.63) is 77.0 Å². The average Bonchev–Trinajstić information content (AvgIpc) is 3.20. The van der Waals surface area contributed by atoms with Crippen LogP contribution in [0.3, 0.4) is 0 Å². The van der Waals surface area contributed by atoms with E-state index in [2.05, 4.69) is 39.9 Å². The first-order chi connectivity index (χ1) is 16.5. The van der Waals surface area contributed by atoms with E-state index in [9.17, 15) is 9.59 Å². The summed E-state index contributed by atoms with van der Waals surface area (Å²) in [5.41, 5.74) is 4.21. The molecule has 186 valence electrons. The molecule has 0 atom stereocenters. The van der Waals surface area contributed by atoms with Gasteiger partial charge in [0, 0.05) is 23.6 Å². The Morgan fingerprint density at radius 2 is 1.74 bits per heavy atom. The minimum Gasteiger partial charge on any atom is -0.329 e. The van der Waals surface area contributed by atoms with Crippen LogP contribution in [0.4, 0.5) is 5.82 Å². The zero-order valence-electron chi connectivity index (χ0n) is 22.1. The Hall–Kier alpha value is -3.41. The summed E-state index contributed by atoms with van der Waals surface area (Å²) in [7, 11) is 0. The fraction of sp³-hybridized carbons (Fsp3) is 0.414. The summed E-state index contributed by atoms with van der Waals surface area (Å²) in [5, 5.41) is 7.83. The summed E-state index contributed by atoms with van der Waals surface area (Å²) in [5.74, 6) is 0.645. The van der Waals surface area contributed by atoms with Gasteiger partial charge in [0.05, 0.1) is 11.4 Å². The van der Waals surface area contributed by atoms with Gasteiger partial charge in [-0.3, -0.25) is 9.59 Å². The number of nitrogens with one attached hydrogen (secondary N) is 1. The summed E-state index contributed by atoms with van der Waals surface area (Å²) in [6, 6.07) is 17.4. The normalized spacial score (nSPS) is 11.5. The number of carbonyl (C=O) groups is 2. The Balaban J connectivity index is 1.88. The van der Waals surface area contributed by atoms with Crippen LogP contribution in [-0.4, -0.2) is 39.6 Å². The molecule has 0 aliphatic carbocycles. The van der Waals surface area contributed by atoms with E-state index in [4.69, 9.17) is 5.10 Å². The highest BCUT2D eigenvalue weighted by Gasteiger charge is 2.24. The highest BCUT2D eigenvalue weighted by atomic mass is 16.2. The van der Waals surface area contributed by atoms with Crippen molar-refractivity contribution in [3.63, 3.8) is 0 Å². The van der Waals surface area contributed by atoms with E-state index in [0.29, 0.717) is 23.8 Å². The topological polar surface area (TPSA) is 67.2 Å². The van der Waals surface area contributed by atoms with Gasteiger partial charge in [0.2, 0.25) is 5.91 Å². The van der Waals surface area contributed by atoms with Gasteiger partial charge in [0.15, 0.2) is 0 Å². The summed E-state index contributed by atoms with van der Waals surface area (Å²) < 4.78 is 1.77. The molecule has 2 aromatic carbocycles. The molecule has 1 aromatic heterocycles. The zero-order chi connectivity index (χ0) is 25.8. The second-order valence-corrected chi connectivity index (χ2v) is 10.7. The molecule has 3 aromatic rings. The molecule has 0 spiro atoms. The van der Waals surface area contributed by atoms with Crippen molar-refractivity contribution in [3.8, 4) is 5.69 Å². The molecule has 0 radical (unpaired) electrons. The number of aryl methyl sites for hydroxylation is 2. The van der Waals surface area contributed by atoms with Crippen molar-refractivity contribution < 1.29 is 9.59 Å². The van der Waals surface area contributed by atoms with Crippen LogP contribution in [-0.2, 0) is 10.2 Å². The maximum atomic E-state index is 13.4. The van der Waals surface area contributed by atoms with E-state index in [-0.39, 0.29) is 23.8 Å². The number of aromatic nitrogens is 2. The van der Waals surface area contributed by atoms with Crippen molar-refractivity contribution in [2.24, 2.45) is 5.92 Å². The van der Waals surface area contributed by atoms with E-state index in [1.807, 2.05) is 68.4 Å². The van der Waals surface area contributed by atoms with Gasteiger partial charge in [0.25, 0.3) is 5.91 Å². The van der Waals surface area contributed by atoms with Crippen LogP contribution in [0, 0.1) is 19.8 Å². The number of anilines is 1. The second-order valence-electron chi connectivity index (χ2n) is 10.7. The highest BCUT2D eigenvalue weighted by Crippen LogP contribution is 2.26. The van der Waals surface area contributed by atoms with Gasteiger partial charge in [-0.1, -0.05) is 65.0 Å². The molecule has 0 unspecified atom stereocenters. The maximum Gasteiger partial charge on any atom is 0.254 e. The van der Waals surface area contributed by atoms with Crippen molar-refractivity contribution in [1.29, 1.82) is 0 Å². The Bertz CT molecular complexity index is 1190. The van der Waals surface area contributed by atoms with Crippen molar-refractivity contribution in [1.82, 2.24) is 14.7 Å². The minimum atomic E-state index is -0.245. The number of benzene rings is 2. The lowest BCUT2D eigenvalue weighted by atomic mass is 9.92. The van der Waals surface area contributed by atoms with E-state index >= 15 is 0 Å². The lowest BCUT2D eigenvalue weighted by molar-refractivity contribution is -0.117. The van der Waals surface area contributed by atoms with Gasteiger partial charge >= 0.3 is 0 Å². The molecule has 35 heavy (non-hydrogen) atoms. The summed E-state index contributed by atoms with van der Waals surface area (Å²) >= 11 is 0. The number of rotatable bonds is 8. The molecule has 0 aliphatic rings. The van der Waals surface area contributed by atoms with Gasteiger partial charge in [-0.25, -0.2) is 4.68 Å². The summed E-state index contributed by atoms with van der Waals surface area (Å²) in [4.78, 5) is 28.3. The van der Waals surface area contributed by atoms with Crippen molar-refractivity contribution >= 4 is 17.6 Å². The van der Waals surface area contributed by atoms with Gasteiger partial charge in [-0.15, -0.1) is 0 Å². The number of hydrogen-bond acceptors (Lipinski definition) is 3. The third-order valence-electron chi connectivity index (χ3n) is 5.97. The third kappa shape index (κ3) is 6.81. The average molecular weight is 475 g/mol. The van der Waals surface area contributed by atoms with Gasteiger partial charge in [0.1, 0.15) is 12.4 Å². The SMILES string of the molecule is Cc1cccc(-n2nc(C(C)(C)C)cc2NC(=O)CN(CCC(C)C)C(=O)c2ccccc2C)c1. The molecule has 0 saturated heterocycles. The van der Waals surface area contributed by atoms with Gasteiger partial charge in [-0.2, -0.15) is 5.10 Å². The molecule has 1 heterocycles. The molecule has 0 saturated carbocycles. The molecule has 0 bridgehead atoms. The van der Waals surface area contributed by atoms with Crippen LogP contribution in [0.2, 0.25) is 0 Å². The Morgan fingerprint density at radius 1 is 1.03 bits per heavy atom. The van der Waals surface area contributed by atoms with Crippen LogP contribution in [0.1, 0.15) is 68.2 Å². The number of hydrogen-bond donors (Lipinski definition) is 1. The lowest BCUT2D eigenvalue weighted by Crippen LogP contribution is -2.39. The number of nitrogens with zero attached hydrogens (tertiary/aromatic N) is 3. The smallest absolute Gasteiger partial charge is 0.254 e. The summed E-state index contributed by atoms with van der Waals surface area (Å²) in [6.45, 7) is 15.0. The minimum absolute atomic E-state index is 0.0241. The van der Waals surface area contributed by atoms with Gasteiger partial charge in [-0.05, 0) is 55.5 Å². The predicted molar refractivity (Wildman–Crippen MR) is 142 cm³/mol. The molecular formula is C29H38N4O2. The lowest BCUT2D eigenvalue weighted by Gasteiger charge is -2.24. The molecule has 0 fully saturated rings. The molecule has 3 rings (SSSR count). The van der Waals surface area contributed by atoms with E-state index in [1.54, 1.807) is 9.58 Å². The largest absolute Gasteiger partial charge is 0.329 e. The first-order valence-electron chi connectivity index (χ1n) is 12.3. The van der Waals surface area contributed by atoms with E-state index < -0.39 is 0 Å². The van der Waals surface area contributed by atoms with Crippen LogP contribution < -0.4 is 5.32 Å². The Kier molecular flexibility index (Phi) is 8.15. The fourth-order valence-corrected chi connectivity index (χ4v) is 3.80. The van der Waals surface area contributed by atoms with E-state index in [0.717, 1.165) is 28.9 Å². The molecule has 6 nitrogen and oxygen atoms in total. The highest BCUT2D eigenvalue weighted by molar-refractivity contribution is 6.00. The van der Waals surface area contributed by atoms with Gasteiger partial charge < -0.3 is 10.2 Å². The molecule has 2 amide bonds. The zero-order valence-corrected chi connectivity index (χ0v) is 22.1. The molecule has 6 heteroatoms. The predicted octanol–water partition coefficient (Wildman–Crippen LogP) is 5.91. The number of carbonyl (C=O) groups excluding carboxylic acids is 2. The second kappa shape index (κ2) is 10.9. The monoisotopic (exact) mass is 474 g/mol. The Labute approximate surface area is 209 Å². The maximum absolute atomic E-state index is 13.4. The van der Waals surface area contributed by atoms with Crippen LogP contribution in [0.5, 0.6) is 0 Å². The van der Waals surface area contributed by atoms with Crippen LogP contribution in [0.15, 0.2) is 54.6 Å². The Morgan fingerprint density at radius 3 is 2.37 bits per heavy atom. The van der Waals surface area contributed by atoms with Crippen LogP contribution >= 0.6 is 0 Å². The standard InChI is InChI=1S/C29H38N4O2/c1-20(2)15-16-32(28(35)24-14-9-8-12-22(24)4)19-27(34)30-26-18-25(29(5,6)7)31-33(26)23-13-10-11-21(3)17-23/h8-14,17-18,20H,15-16,19H2,1-7H3,(H,30,34). The quantitative estimate of drug-likeness (QED) is 0.441. The third-order valence-corrected chi connectivity index (χ3v) is 5.97. The summed E-state index contributed by atoms with van der Waals surface area (Å²) in [6.07, 6.45) is 0.820. The molecule has 1 N–H and O–H groups in total. The van der Waals surface area contributed by atoms with Crippen LogP contribution in [0.25, 0.3) is 5.69 Å². The number of amides is 2. The first kappa shape index (κ1) is 26.2. The fourth-order valence-electron chi connectivity index (χ4n) is 3.80. The van der Waals surface area contributed by atoms with Crippen molar-refractivity contribution in [2.75, 3.05) is 18.4 Å². The molecular weight excluding hydrogens is 436 g/mol.